The number of ether oxygens (including phenoxy) is 1. The molecule has 10 N–H and O–H groups in total. The maximum atomic E-state index is 12.6. The van der Waals surface area contributed by atoms with E-state index in [1.807, 2.05) is 0 Å². The van der Waals surface area contributed by atoms with Crippen molar-refractivity contribution in [1.82, 2.24) is 30.2 Å². The van der Waals surface area contributed by atoms with Crippen molar-refractivity contribution in [2.75, 3.05) is 37.8 Å². The summed E-state index contributed by atoms with van der Waals surface area (Å²) >= 11 is 1.03. The Balaban J connectivity index is 1.54. The average molecular weight is 810 g/mol. The fourth-order valence-electron chi connectivity index (χ4n) is 4.30. The van der Waals surface area contributed by atoms with E-state index in [1.54, 1.807) is 0 Å². The monoisotopic (exact) mass is 809 g/mol. The Bertz CT molecular complexity index is 1710. The van der Waals surface area contributed by atoms with Gasteiger partial charge in [0.15, 0.2) is 22.8 Å². The molecule has 1 fully saturated rings. The van der Waals surface area contributed by atoms with Crippen LogP contribution in [0.2, 0.25) is 0 Å². The molecule has 0 bridgehead atoms. The van der Waals surface area contributed by atoms with E-state index >= 15 is 0 Å². The third-order valence-corrected chi connectivity index (χ3v) is 10.7. The van der Waals surface area contributed by atoms with E-state index in [1.165, 1.54) is 20.8 Å². The molecule has 51 heavy (non-hydrogen) atoms. The number of carbonyl (C=O) groups is 3. The summed E-state index contributed by atoms with van der Waals surface area (Å²) in [5, 5.41) is 26.0. The lowest BCUT2D eigenvalue weighted by molar-refractivity contribution is -0.137. The summed E-state index contributed by atoms with van der Waals surface area (Å²) in [6.07, 6.45) is -6.91. The summed E-state index contributed by atoms with van der Waals surface area (Å²) in [5.41, 5.74) is 4.22. The van der Waals surface area contributed by atoms with Crippen molar-refractivity contribution in [3.05, 3.63) is 12.7 Å². The number of rotatable bonds is 19. The summed E-state index contributed by atoms with van der Waals surface area (Å²) in [5.74, 6) is -1.09. The Morgan fingerprint density at radius 2 is 1.75 bits per heavy atom. The fraction of sp³-hybridized carbons (Fsp3) is 0.652. The molecular formula is C23H38N7O17P3S. The molecule has 0 saturated carbocycles. The van der Waals surface area contributed by atoms with Gasteiger partial charge in [0.2, 0.25) is 11.8 Å². The van der Waals surface area contributed by atoms with Crippen LogP contribution in [-0.2, 0) is 50.7 Å². The van der Waals surface area contributed by atoms with E-state index in [2.05, 4.69) is 29.9 Å². The van der Waals surface area contributed by atoms with Crippen molar-refractivity contribution in [2.24, 2.45) is 5.41 Å². The van der Waals surface area contributed by atoms with E-state index in [4.69, 9.17) is 24.0 Å². The van der Waals surface area contributed by atoms with Gasteiger partial charge in [-0.05, 0) is 0 Å². The molecule has 0 aromatic carbocycles. The van der Waals surface area contributed by atoms with Crippen LogP contribution < -0.4 is 16.4 Å². The van der Waals surface area contributed by atoms with Gasteiger partial charge in [-0.2, -0.15) is 4.31 Å². The van der Waals surface area contributed by atoms with Crippen LogP contribution in [-0.4, -0.2) is 123 Å². The molecule has 28 heteroatoms. The number of nitrogens with one attached hydrogen (secondary N) is 2. The third kappa shape index (κ3) is 12.9. The lowest BCUT2D eigenvalue weighted by Crippen LogP contribution is -2.46. The minimum Gasteiger partial charge on any atom is -0.387 e. The molecule has 2 unspecified atom stereocenters. The number of amides is 2. The zero-order valence-corrected chi connectivity index (χ0v) is 30.6. The molecule has 2 amide bonds. The first kappa shape index (κ1) is 43.0. The number of nitrogen functional groups attached to an aromatic ring is 1. The lowest BCUT2D eigenvalue weighted by atomic mass is 9.87. The third-order valence-electron chi connectivity index (χ3n) is 6.81. The first-order valence-electron chi connectivity index (χ1n) is 14.5. The number of imidazole rings is 1. The number of carbonyl (C=O) groups excluding carboxylic acids is 3. The van der Waals surface area contributed by atoms with Crippen molar-refractivity contribution >= 4 is 69.1 Å². The van der Waals surface area contributed by atoms with Crippen LogP contribution in [0.25, 0.3) is 11.2 Å². The molecule has 3 rings (SSSR count). The van der Waals surface area contributed by atoms with E-state index < -0.39 is 84.6 Å². The molecule has 0 spiro atoms. The van der Waals surface area contributed by atoms with Crippen molar-refractivity contribution in [3.63, 3.8) is 0 Å². The number of thioether (sulfide) groups is 1. The van der Waals surface area contributed by atoms with E-state index in [9.17, 15) is 57.9 Å². The Kier molecular flexibility index (Phi) is 14.8. The van der Waals surface area contributed by atoms with Crippen LogP contribution in [0.15, 0.2) is 12.7 Å². The van der Waals surface area contributed by atoms with Crippen molar-refractivity contribution < 1.29 is 80.5 Å². The normalized spacial score (nSPS) is 22.6. The molecule has 24 nitrogen and oxygen atoms in total. The highest BCUT2D eigenvalue weighted by Gasteiger charge is 2.50. The van der Waals surface area contributed by atoms with Gasteiger partial charge in [0.25, 0.3) is 0 Å². The first-order valence-corrected chi connectivity index (χ1v) is 20.0. The smallest absolute Gasteiger partial charge is 0.387 e. The molecule has 1 aliphatic rings. The second kappa shape index (κ2) is 17.6. The van der Waals surface area contributed by atoms with Crippen LogP contribution in [0.1, 0.15) is 33.4 Å². The van der Waals surface area contributed by atoms with E-state index in [-0.39, 0.29) is 41.6 Å². The van der Waals surface area contributed by atoms with Gasteiger partial charge in [-0.3, -0.25) is 32.5 Å². The molecule has 0 radical (unpaired) electrons. The molecule has 0 aliphatic carbocycles. The molecular weight excluding hydrogens is 771 g/mol. The number of aromatic nitrogens is 4. The molecule has 3 heterocycles. The Morgan fingerprint density at radius 1 is 1.08 bits per heavy atom. The number of anilines is 1. The summed E-state index contributed by atoms with van der Waals surface area (Å²) in [4.78, 5) is 85.9. The van der Waals surface area contributed by atoms with Gasteiger partial charge < -0.3 is 50.9 Å². The number of nitrogens with zero attached hydrogens (tertiary/aromatic N) is 4. The second-order valence-electron chi connectivity index (χ2n) is 11.4. The topological polar surface area (TPSA) is 364 Å². The van der Waals surface area contributed by atoms with E-state index in [0.717, 1.165) is 29.0 Å². The molecule has 1 aliphatic heterocycles. The summed E-state index contributed by atoms with van der Waals surface area (Å²) in [6, 6.07) is 0. The number of nitrogens with two attached hydrogens (primary N) is 1. The molecule has 2 aromatic rings. The predicted octanol–water partition coefficient (Wildman–Crippen LogP) is -1.32. The number of phosphoric acid groups is 3. The van der Waals surface area contributed by atoms with Gasteiger partial charge in [0, 0.05) is 37.6 Å². The van der Waals surface area contributed by atoms with Crippen LogP contribution >= 0.6 is 35.2 Å². The summed E-state index contributed by atoms with van der Waals surface area (Å²) < 4.78 is 61.8. The number of hydrogen-bond acceptors (Lipinski definition) is 18. The summed E-state index contributed by atoms with van der Waals surface area (Å²) in [6.45, 7) is 1.97. The van der Waals surface area contributed by atoms with Crippen LogP contribution in [0.4, 0.5) is 5.82 Å². The van der Waals surface area contributed by atoms with Gasteiger partial charge in [-0.25, -0.2) is 28.6 Å². The van der Waals surface area contributed by atoms with Crippen molar-refractivity contribution in [1.29, 1.82) is 0 Å². The Labute approximate surface area is 293 Å². The Hall–Kier alpha value is -2.44. The number of aliphatic hydroxyl groups is 2. The fourth-order valence-corrected chi connectivity index (χ4v) is 7.59. The minimum atomic E-state index is -5.52. The van der Waals surface area contributed by atoms with Crippen LogP contribution in [0.3, 0.4) is 0 Å². The standard InChI is InChI=1S/C23H38N7O17P3S/c1-12(31)51-7-6-25-14(32)4-5-26-21(35)18(34)23(2,3)9-44-50(41,42)47-49(39,40)43-8-13-16(33)17(46-48(36,37)38)22(45-13)30-11-29-15-19(24)27-10-28-20(15)30/h10-11,13,16-18,22,33-34H,4-9H2,1-3H3,(H,25,32)(H,26,35)(H,39,40)(H,41,42)(H2,24,27,28)(H2,36,37,38)/t13-,16-,17-,18+,22-/m1/s1. The highest BCUT2D eigenvalue weighted by molar-refractivity contribution is 8.13. The van der Waals surface area contributed by atoms with Gasteiger partial charge in [0.05, 0.1) is 19.5 Å². The van der Waals surface area contributed by atoms with Crippen molar-refractivity contribution in [2.45, 2.75) is 57.8 Å². The number of aliphatic hydroxyl groups excluding tert-OH is 2. The Morgan fingerprint density at radius 3 is 2.39 bits per heavy atom. The zero-order chi connectivity index (χ0) is 38.4. The first-order chi connectivity index (χ1) is 23.5. The van der Waals surface area contributed by atoms with Crippen LogP contribution in [0, 0.1) is 5.41 Å². The molecule has 1 saturated heterocycles. The summed E-state index contributed by atoms with van der Waals surface area (Å²) in [7, 11) is -16.3. The SMILES string of the molecule is CC(=O)SCCNC(=O)CCNC(=O)[C@H](O)C(C)(C)COP(=O)(O)OP(=O)(O)OC[C@H]1O[C@@H](n2cnc3c(N)ncnc32)[C@H](OP(=O)(O)O)[C@@H]1O. The highest BCUT2D eigenvalue weighted by Crippen LogP contribution is 2.61. The molecule has 2 aromatic heterocycles. The second-order valence-corrected chi connectivity index (χ2v) is 16.9. The van der Waals surface area contributed by atoms with Crippen LogP contribution in [0.5, 0.6) is 0 Å². The van der Waals surface area contributed by atoms with Gasteiger partial charge in [-0.15, -0.1) is 0 Å². The molecule has 7 atom stereocenters. The quantitative estimate of drug-likeness (QED) is 0.0587. The maximum absolute atomic E-state index is 12.6. The van der Waals surface area contributed by atoms with Crippen molar-refractivity contribution in [3.8, 4) is 0 Å². The predicted molar refractivity (Wildman–Crippen MR) is 173 cm³/mol. The number of fused-ring (bicyclic) bond motifs is 1. The van der Waals surface area contributed by atoms with E-state index in [0.29, 0.717) is 5.75 Å². The average Bonchev–Trinajstić information content (AvgIpc) is 3.57. The minimum absolute atomic E-state index is 0.000920. The van der Waals surface area contributed by atoms with Gasteiger partial charge >= 0.3 is 23.5 Å². The number of hydrogen-bond donors (Lipinski definition) is 9. The largest absolute Gasteiger partial charge is 0.481 e. The van der Waals surface area contributed by atoms with Gasteiger partial charge in [0.1, 0.15) is 36.3 Å². The lowest BCUT2D eigenvalue weighted by Gasteiger charge is -2.30. The number of phosphoric ester groups is 3. The highest BCUT2D eigenvalue weighted by atomic mass is 32.2. The molecule has 288 valence electrons. The van der Waals surface area contributed by atoms with Gasteiger partial charge in [-0.1, -0.05) is 25.6 Å². The zero-order valence-electron chi connectivity index (χ0n) is 27.1. The maximum Gasteiger partial charge on any atom is 0.481 e.